The Labute approximate surface area is 162 Å². The zero-order valence-electron chi connectivity index (χ0n) is 15.7. The van der Waals surface area contributed by atoms with Crippen LogP contribution < -0.4 is 5.32 Å². The van der Waals surface area contributed by atoms with Gasteiger partial charge in [0.2, 0.25) is 0 Å². The molecule has 28 heavy (non-hydrogen) atoms. The van der Waals surface area contributed by atoms with Crippen LogP contribution in [0.2, 0.25) is 0 Å². The van der Waals surface area contributed by atoms with E-state index in [0.29, 0.717) is 5.56 Å². The summed E-state index contributed by atoms with van der Waals surface area (Å²) in [4.78, 5) is 36.3. The minimum atomic E-state index is -1.05. The fraction of sp³-hybridized carbons (Fsp3) is 0.318. The molecule has 1 N–H and O–H groups in total. The number of amides is 1. The van der Waals surface area contributed by atoms with Crippen LogP contribution in [0.15, 0.2) is 42.5 Å². The van der Waals surface area contributed by atoms with Gasteiger partial charge in [-0.2, -0.15) is 0 Å². The topological polar surface area (TPSA) is 72.5 Å². The lowest BCUT2D eigenvalue weighted by molar-refractivity contribution is -0.153. The van der Waals surface area contributed by atoms with Gasteiger partial charge in [-0.15, -0.1) is 0 Å². The van der Waals surface area contributed by atoms with E-state index < -0.39 is 23.8 Å². The predicted octanol–water partition coefficient (Wildman–Crippen LogP) is 3.85. The lowest BCUT2D eigenvalue weighted by Gasteiger charge is -2.13. The molecule has 2 aromatic carbocycles. The number of nitrogens with one attached hydrogen (secondary N) is 1. The number of ether oxygens (including phenoxy) is 1. The Bertz CT molecular complexity index is 909. The quantitative estimate of drug-likeness (QED) is 0.582. The Morgan fingerprint density at radius 3 is 2.64 bits per heavy atom. The van der Waals surface area contributed by atoms with Crippen LogP contribution in [0, 0.1) is 5.82 Å². The van der Waals surface area contributed by atoms with Crippen molar-refractivity contribution in [1.82, 2.24) is 0 Å². The molecule has 0 aliphatic heterocycles. The number of halogens is 1. The molecule has 2 aromatic rings. The second-order valence-corrected chi connectivity index (χ2v) is 6.89. The molecular weight excluding hydrogens is 361 g/mol. The summed E-state index contributed by atoms with van der Waals surface area (Å²) in [7, 11) is 0. The van der Waals surface area contributed by atoms with Crippen molar-refractivity contribution in [2.75, 3.05) is 5.32 Å². The maximum absolute atomic E-state index is 13.1. The van der Waals surface area contributed by atoms with Crippen molar-refractivity contribution in [2.45, 2.75) is 45.1 Å². The summed E-state index contributed by atoms with van der Waals surface area (Å²) >= 11 is 0. The van der Waals surface area contributed by atoms with E-state index in [9.17, 15) is 18.8 Å². The smallest absolute Gasteiger partial charge is 0.307 e. The summed E-state index contributed by atoms with van der Waals surface area (Å²) in [5.41, 5.74) is 3.37. The summed E-state index contributed by atoms with van der Waals surface area (Å²) in [6.07, 6.45) is 2.01. The Morgan fingerprint density at radius 2 is 1.86 bits per heavy atom. The summed E-state index contributed by atoms with van der Waals surface area (Å²) in [6, 6.07) is 11.1. The van der Waals surface area contributed by atoms with Crippen LogP contribution >= 0.6 is 0 Å². The Balaban J connectivity index is 1.46. The largest absolute Gasteiger partial charge is 0.453 e. The van der Waals surface area contributed by atoms with Crippen molar-refractivity contribution in [1.29, 1.82) is 0 Å². The molecule has 0 saturated carbocycles. The zero-order valence-corrected chi connectivity index (χ0v) is 15.7. The third kappa shape index (κ3) is 5.03. The van der Waals surface area contributed by atoms with E-state index in [1.54, 1.807) is 6.07 Å². The number of ketones is 1. The zero-order chi connectivity index (χ0) is 20.1. The number of benzene rings is 2. The van der Waals surface area contributed by atoms with Gasteiger partial charge in [-0.05, 0) is 61.6 Å². The first-order valence-corrected chi connectivity index (χ1v) is 9.33. The average molecular weight is 383 g/mol. The third-order valence-electron chi connectivity index (χ3n) is 4.75. The van der Waals surface area contributed by atoms with Crippen molar-refractivity contribution in [3.8, 4) is 0 Å². The number of hydrogen-bond donors (Lipinski definition) is 1. The van der Waals surface area contributed by atoms with Gasteiger partial charge < -0.3 is 10.1 Å². The first kappa shape index (κ1) is 19.7. The second-order valence-electron chi connectivity index (χ2n) is 6.89. The Morgan fingerprint density at radius 1 is 1.07 bits per heavy atom. The van der Waals surface area contributed by atoms with E-state index in [0.717, 1.165) is 19.3 Å². The van der Waals surface area contributed by atoms with E-state index in [1.807, 2.05) is 12.1 Å². The molecule has 146 valence electrons. The number of hydrogen-bond acceptors (Lipinski definition) is 4. The van der Waals surface area contributed by atoms with Crippen molar-refractivity contribution >= 4 is 23.3 Å². The SMILES string of the molecule is C[C@H](OC(=O)CCC(=O)c1ccc2c(c1)CCC2)C(=O)Nc1cccc(F)c1. The van der Waals surface area contributed by atoms with Crippen LogP contribution in [0.1, 0.15) is 47.7 Å². The summed E-state index contributed by atoms with van der Waals surface area (Å²) < 4.78 is 18.2. The third-order valence-corrected chi connectivity index (χ3v) is 4.75. The lowest BCUT2D eigenvalue weighted by Crippen LogP contribution is -2.30. The highest BCUT2D eigenvalue weighted by Gasteiger charge is 2.20. The molecule has 0 bridgehead atoms. The van der Waals surface area contributed by atoms with Crippen molar-refractivity contribution < 1.29 is 23.5 Å². The number of carbonyl (C=O) groups is 3. The highest BCUT2D eigenvalue weighted by atomic mass is 19.1. The molecule has 6 heteroatoms. The van der Waals surface area contributed by atoms with Crippen molar-refractivity contribution in [3.05, 3.63) is 65.0 Å². The number of anilines is 1. The molecule has 1 atom stereocenters. The van der Waals surface area contributed by atoms with Gasteiger partial charge in [-0.3, -0.25) is 14.4 Å². The van der Waals surface area contributed by atoms with E-state index in [4.69, 9.17) is 4.74 Å². The van der Waals surface area contributed by atoms with E-state index in [1.165, 1.54) is 42.3 Å². The number of esters is 1. The first-order chi connectivity index (χ1) is 13.4. The fourth-order valence-corrected chi connectivity index (χ4v) is 3.22. The second kappa shape index (κ2) is 8.78. The summed E-state index contributed by atoms with van der Waals surface area (Å²) in [6.45, 7) is 1.43. The van der Waals surface area contributed by atoms with Gasteiger partial charge in [0.15, 0.2) is 11.9 Å². The lowest BCUT2D eigenvalue weighted by atomic mass is 10.0. The van der Waals surface area contributed by atoms with Gasteiger partial charge in [0, 0.05) is 17.7 Å². The van der Waals surface area contributed by atoms with E-state index >= 15 is 0 Å². The monoisotopic (exact) mass is 383 g/mol. The van der Waals surface area contributed by atoms with Crippen LogP contribution in [-0.4, -0.2) is 23.8 Å². The Hall–Kier alpha value is -3.02. The summed E-state index contributed by atoms with van der Waals surface area (Å²) in [5.74, 6) is -1.80. The molecule has 5 nitrogen and oxygen atoms in total. The molecule has 0 aromatic heterocycles. The first-order valence-electron chi connectivity index (χ1n) is 9.33. The fourth-order valence-electron chi connectivity index (χ4n) is 3.22. The maximum Gasteiger partial charge on any atom is 0.307 e. The van der Waals surface area contributed by atoms with Crippen molar-refractivity contribution in [3.63, 3.8) is 0 Å². The number of carbonyl (C=O) groups excluding carboxylic acids is 3. The molecule has 0 heterocycles. The molecule has 0 unspecified atom stereocenters. The van der Waals surface area contributed by atoms with Gasteiger partial charge >= 0.3 is 5.97 Å². The number of fused-ring (bicyclic) bond motifs is 1. The number of rotatable bonds is 7. The van der Waals surface area contributed by atoms with Gasteiger partial charge in [0.1, 0.15) is 5.82 Å². The van der Waals surface area contributed by atoms with Gasteiger partial charge in [0.25, 0.3) is 5.91 Å². The molecular formula is C22H22FNO4. The van der Waals surface area contributed by atoms with Crippen LogP contribution in [0.4, 0.5) is 10.1 Å². The molecule has 1 aliphatic rings. The molecule has 3 rings (SSSR count). The minimum absolute atomic E-state index is 0.0237. The molecule has 1 amide bonds. The molecule has 1 aliphatic carbocycles. The van der Waals surface area contributed by atoms with Gasteiger partial charge in [-0.25, -0.2) is 4.39 Å². The van der Waals surface area contributed by atoms with E-state index in [2.05, 4.69) is 5.32 Å². The number of Topliss-reactive ketones (excluding diaryl/α,β-unsaturated/α-hetero) is 1. The van der Waals surface area contributed by atoms with Crippen molar-refractivity contribution in [2.24, 2.45) is 0 Å². The molecule has 0 saturated heterocycles. The minimum Gasteiger partial charge on any atom is -0.453 e. The highest BCUT2D eigenvalue weighted by Crippen LogP contribution is 2.23. The van der Waals surface area contributed by atoms with Crippen LogP contribution in [-0.2, 0) is 27.2 Å². The van der Waals surface area contributed by atoms with Gasteiger partial charge in [-0.1, -0.05) is 18.2 Å². The van der Waals surface area contributed by atoms with E-state index in [-0.39, 0.29) is 24.3 Å². The van der Waals surface area contributed by atoms with Crippen LogP contribution in [0.3, 0.4) is 0 Å². The highest BCUT2D eigenvalue weighted by molar-refractivity contribution is 5.98. The van der Waals surface area contributed by atoms with Gasteiger partial charge in [0.05, 0.1) is 6.42 Å². The average Bonchev–Trinajstić information content (AvgIpc) is 3.13. The molecule has 0 spiro atoms. The number of aryl methyl sites for hydroxylation is 2. The summed E-state index contributed by atoms with van der Waals surface area (Å²) in [5, 5.41) is 2.48. The normalized spacial score (nSPS) is 13.5. The Kier molecular flexibility index (Phi) is 6.19. The predicted molar refractivity (Wildman–Crippen MR) is 103 cm³/mol. The van der Waals surface area contributed by atoms with Crippen LogP contribution in [0.5, 0.6) is 0 Å². The standard InChI is InChI=1S/C22H22FNO4/c1-14(22(27)24-19-7-3-6-18(23)13-19)28-21(26)11-10-20(25)17-9-8-15-4-2-5-16(15)12-17/h3,6-9,12-14H,2,4-5,10-11H2,1H3,(H,24,27)/t14-/m0/s1. The molecule has 0 radical (unpaired) electrons. The molecule has 0 fully saturated rings. The van der Waals surface area contributed by atoms with Crippen LogP contribution in [0.25, 0.3) is 0 Å². The maximum atomic E-state index is 13.1.